The number of rotatable bonds is 6. The van der Waals surface area contributed by atoms with Gasteiger partial charge in [0.15, 0.2) is 17.5 Å². The highest BCUT2D eigenvalue weighted by Gasteiger charge is 2.18. The van der Waals surface area contributed by atoms with Crippen molar-refractivity contribution in [3.05, 3.63) is 194 Å². The first-order chi connectivity index (χ1) is 27.7. The van der Waals surface area contributed by atoms with Crippen LogP contribution in [0, 0.1) is 0 Å². The second kappa shape index (κ2) is 13.0. The van der Waals surface area contributed by atoms with E-state index in [2.05, 4.69) is 132 Å². The lowest BCUT2D eigenvalue weighted by Crippen LogP contribution is -2.00. The second-order valence-electron chi connectivity index (χ2n) is 14.1. The SMILES string of the molecule is c1ccc(-c2cccc(-c3ccc4c(c3)oc3ccc(-n5c6ccccc6c6cc(-c7nc(-c8ccccc8)nc(-c8ccccc8)n7)ccc65)cc34)c2)cc1. The Bertz CT molecular complexity index is 3180. The Morgan fingerprint density at radius 3 is 1.57 bits per heavy atom. The highest BCUT2D eigenvalue weighted by molar-refractivity contribution is 6.11. The molecule has 0 unspecified atom stereocenters. The van der Waals surface area contributed by atoms with E-state index in [1.165, 1.54) is 11.1 Å². The molecular weight excluding hydrogens is 685 g/mol. The fraction of sp³-hybridized carbons (Fsp3) is 0. The van der Waals surface area contributed by atoms with Gasteiger partial charge >= 0.3 is 0 Å². The molecule has 56 heavy (non-hydrogen) atoms. The normalized spacial score (nSPS) is 11.6. The number of hydrogen-bond donors (Lipinski definition) is 0. The first-order valence-electron chi connectivity index (χ1n) is 18.8. The van der Waals surface area contributed by atoms with Gasteiger partial charge in [-0.15, -0.1) is 0 Å². The fourth-order valence-electron chi connectivity index (χ4n) is 7.92. The third-order valence-electron chi connectivity index (χ3n) is 10.6. The molecule has 0 N–H and O–H groups in total. The first-order valence-corrected chi connectivity index (χ1v) is 18.8. The summed E-state index contributed by atoms with van der Waals surface area (Å²) in [6, 6.07) is 67.5. The maximum Gasteiger partial charge on any atom is 0.164 e. The summed E-state index contributed by atoms with van der Waals surface area (Å²) < 4.78 is 8.84. The summed E-state index contributed by atoms with van der Waals surface area (Å²) in [5.74, 6) is 1.92. The van der Waals surface area contributed by atoms with E-state index in [1.54, 1.807) is 0 Å². The number of para-hydroxylation sites is 1. The van der Waals surface area contributed by atoms with Crippen molar-refractivity contribution >= 4 is 43.7 Å². The summed E-state index contributed by atoms with van der Waals surface area (Å²) in [6.45, 7) is 0. The molecule has 11 rings (SSSR count). The van der Waals surface area contributed by atoms with Crippen molar-refractivity contribution in [1.82, 2.24) is 19.5 Å². The van der Waals surface area contributed by atoms with Gasteiger partial charge in [0, 0.05) is 43.9 Å². The molecule has 262 valence electrons. The van der Waals surface area contributed by atoms with Gasteiger partial charge in [0.05, 0.1) is 11.0 Å². The zero-order chi connectivity index (χ0) is 37.0. The van der Waals surface area contributed by atoms with Crippen LogP contribution in [-0.4, -0.2) is 19.5 Å². The lowest BCUT2D eigenvalue weighted by atomic mass is 9.98. The third kappa shape index (κ3) is 5.45. The molecule has 3 aromatic heterocycles. The maximum absolute atomic E-state index is 6.50. The standard InChI is InChI=1S/C51H32N4O/c1-4-13-33(14-5-1)36-19-12-20-37(29-36)38-23-26-42-44-32-40(25-28-47(44)56-48(42)31-38)55-45-22-11-10-21-41(45)43-30-39(24-27-46(43)55)51-53-49(34-15-6-2-7-16-34)52-50(54-51)35-17-8-3-9-18-35/h1-32H. The molecule has 0 atom stereocenters. The van der Waals surface area contributed by atoms with Crippen LogP contribution in [0.4, 0.5) is 0 Å². The number of hydrogen-bond acceptors (Lipinski definition) is 4. The summed E-state index contributed by atoms with van der Waals surface area (Å²) in [6.07, 6.45) is 0. The van der Waals surface area contributed by atoms with Crippen LogP contribution in [0.5, 0.6) is 0 Å². The van der Waals surface area contributed by atoms with E-state index >= 15 is 0 Å². The van der Waals surface area contributed by atoms with Crippen LogP contribution < -0.4 is 0 Å². The van der Waals surface area contributed by atoms with E-state index in [9.17, 15) is 0 Å². The largest absolute Gasteiger partial charge is 0.456 e. The number of nitrogens with zero attached hydrogens (tertiary/aromatic N) is 4. The zero-order valence-corrected chi connectivity index (χ0v) is 30.2. The Morgan fingerprint density at radius 2 is 0.857 bits per heavy atom. The van der Waals surface area contributed by atoms with E-state index in [1.807, 2.05) is 66.7 Å². The number of fused-ring (bicyclic) bond motifs is 6. The second-order valence-corrected chi connectivity index (χ2v) is 14.1. The lowest BCUT2D eigenvalue weighted by molar-refractivity contribution is 0.669. The first kappa shape index (κ1) is 31.9. The van der Waals surface area contributed by atoms with Crippen molar-refractivity contribution < 1.29 is 4.42 Å². The monoisotopic (exact) mass is 716 g/mol. The molecule has 3 heterocycles. The van der Waals surface area contributed by atoms with Crippen molar-refractivity contribution in [3.63, 3.8) is 0 Å². The van der Waals surface area contributed by atoms with Gasteiger partial charge in [-0.25, -0.2) is 15.0 Å². The fourth-order valence-corrected chi connectivity index (χ4v) is 7.92. The van der Waals surface area contributed by atoms with Crippen molar-refractivity contribution in [2.45, 2.75) is 0 Å². The third-order valence-corrected chi connectivity index (χ3v) is 10.6. The van der Waals surface area contributed by atoms with Crippen LogP contribution in [0.3, 0.4) is 0 Å². The molecule has 0 saturated heterocycles. The van der Waals surface area contributed by atoms with Gasteiger partial charge in [0.2, 0.25) is 0 Å². The van der Waals surface area contributed by atoms with Gasteiger partial charge in [-0.3, -0.25) is 0 Å². The molecule has 0 aliphatic heterocycles. The molecule has 0 aliphatic rings. The van der Waals surface area contributed by atoms with Gasteiger partial charge in [0.1, 0.15) is 11.2 Å². The van der Waals surface area contributed by atoms with Gasteiger partial charge < -0.3 is 8.98 Å². The molecule has 0 amide bonds. The van der Waals surface area contributed by atoms with Gasteiger partial charge in [0.25, 0.3) is 0 Å². The molecule has 5 heteroatoms. The van der Waals surface area contributed by atoms with Crippen LogP contribution in [0.2, 0.25) is 0 Å². The molecule has 0 fully saturated rings. The Hall–Kier alpha value is -7.63. The van der Waals surface area contributed by atoms with Crippen molar-refractivity contribution in [3.8, 4) is 62.1 Å². The Kier molecular flexibility index (Phi) is 7.42. The number of benzene rings is 8. The average Bonchev–Trinajstić information content (AvgIpc) is 3.81. The van der Waals surface area contributed by atoms with Gasteiger partial charge in [-0.2, -0.15) is 0 Å². The van der Waals surface area contributed by atoms with Gasteiger partial charge in [-0.05, 0) is 82.9 Å². The molecule has 8 aromatic carbocycles. The van der Waals surface area contributed by atoms with E-state index in [-0.39, 0.29) is 0 Å². The van der Waals surface area contributed by atoms with Crippen LogP contribution in [0.1, 0.15) is 0 Å². The maximum atomic E-state index is 6.50. The van der Waals surface area contributed by atoms with Crippen molar-refractivity contribution in [2.75, 3.05) is 0 Å². The highest BCUT2D eigenvalue weighted by atomic mass is 16.3. The van der Waals surface area contributed by atoms with Gasteiger partial charge in [-0.1, -0.05) is 133 Å². The van der Waals surface area contributed by atoms with Crippen LogP contribution in [0.25, 0.3) is 106 Å². The van der Waals surface area contributed by atoms with E-state index < -0.39 is 0 Å². The molecule has 0 aliphatic carbocycles. The van der Waals surface area contributed by atoms with Crippen molar-refractivity contribution in [1.29, 1.82) is 0 Å². The lowest BCUT2D eigenvalue weighted by Gasteiger charge is -2.10. The van der Waals surface area contributed by atoms with Crippen molar-refractivity contribution in [2.24, 2.45) is 0 Å². The average molecular weight is 717 g/mol. The topological polar surface area (TPSA) is 56.7 Å². The summed E-state index contributed by atoms with van der Waals surface area (Å²) in [4.78, 5) is 14.9. The van der Waals surface area contributed by atoms with E-state index in [0.717, 1.165) is 77.2 Å². The Morgan fingerprint density at radius 1 is 0.304 bits per heavy atom. The highest BCUT2D eigenvalue weighted by Crippen LogP contribution is 2.38. The molecule has 0 radical (unpaired) electrons. The summed E-state index contributed by atoms with van der Waals surface area (Å²) >= 11 is 0. The molecule has 11 aromatic rings. The summed E-state index contributed by atoms with van der Waals surface area (Å²) in [5, 5.41) is 4.45. The van der Waals surface area contributed by atoms with Crippen LogP contribution in [-0.2, 0) is 0 Å². The predicted octanol–water partition coefficient (Wildman–Crippen LogP) is 13.2. The minimum Gasteiger partial charge on any atom is -0.456 e. The molecule has 0 spiro atoms. The number of furan rings is 1. The molecule has 0 saturated carbocycles. The molecular formula is C51H32N4O. The van der Waals surface area contributed by atoms with Crippen LogP contribution >= 0.6 is 0 Å². The van der Waals surface area contributed by atoms with Crippen LogP contribution in [0.15, 0.2) is 199 Å². The zero-order valence-electron chi connectivity index (χ0n) is 30.2. The smallest absolute Gasteiger partial charge is 0.164 e. The summed E-state index contributed by atoms with van der Waals surface area (Å²) in [5.41, 5.74) is 12.5. The minimum absolute atomic E-state index is 0.633. The van der Waals surface area contributed by atoms with E-state index in [4.69, 9.17) is 19.4 Å². The number of aromatic nitrogens is 4. The molecule has 5 nitrogen and oxygen atoms in total. The molecule has 0 bridgehead atoms. The predicted molar refractivity (Wildman–Crippen MR) is 229 cm³/mol. The quantitative estimate of drug-likeness (QED) is 0.172. The minimum atomic E-state index is 0.633. The Balaban J connectivity index is 1.02. The Labute approximate surface area is 322 Å². The van der Waals surface area contributed by atoms with E-state index in [0.29, 0.717) is 17.5 Å². The summed E-state index contributed by atoms with van der Waals surface area (Å²) in [7, 11) is 0.